The minimum absolute atomic E-state index is 0.0509. The molecule has 1 atom stereocenters. The lowest BCUT2D eigenvalue weighted by atomic mass is 9.69. The van der Waals surface area contributed by atoms with Crippen LogP contribution in [-0.2, 0) is 5.41 Å². The third-order valence-electron chi connectivity index (χ3n) is 10.2. The maximum atomic E-state index is 14.2. The van der Waals surface area contributed by atoms with Crippen LogP contribution < -0.4 is 0 Å². The molecular formula is C44H26O. The summed E-state index contributed by atoms with van der Waals surface area (Å²) < 4.78 is 0. The summed E-state index contributed by atoms with van der Waals surface area (Å²) in [5, 5.41) is 7.38. The maximum Gasteiger partial charge on any atom is 0.193 e. The van der Waals surface area contributed by atoms with Crippen molar-refractivity contribution in [3.63, 3.8) is 0 Å². The Balaban J connectivity index is 1.38. The monoisotopic (exact) mass is 570 g/mol. The number of fused-ring (bicyclic) bond motifs is 10. The van der Waals surface area contributed by atoms with Crippen LogP contribution in [-0.4, -0.2) is 5.78 Å². The van der Waals surface area contributed by atoms with Crippen LogP contribution in [0.2, 0.25) is 0 Å². The zero-order valence-corrected chi connectivity index (χ0v) is 24.4. The van der Waals surface area contributed by atoms with E-state index in [1.165, 1.54) is 71.4 Å². The van der Waals surface area contributed by atoms with Crippen molar-refractivity contribution < 1.29 is 4.79 Å². The smallest absolute Gasteiger partial charge is 0.193 e. The van der Waals surface area contributed by atoms with Crippen LogP contribution in [0.3, 0.4) is 0 Å². The maximum absolute atomic E-state index is 14.2. The van der Waals surface area contributed by atoms with Crippen LogP contribution in [0.5, 0.6) is 0 Å². The number of carbonyl (C=O) groups excluding carboxylic acids is 1. The molecule has 0 heterocycles. The van der Waals surface area contributed by atoms with Crippen molar-refractivity contribution in [3.05, 3.63) is 191 Å². The zero-order valence-electron chi connectivity index (χ0n) is 24.4. The van der Waals surface area contributed by atoms with Gasteiger partial charge in [-0.2, -0.15) is 0 Å². The molecule has 0 N–H and O–H groups in total. The third-order valence-corrected chi connectivity index (χ3v) is 10.2. The van der Waals surface area contributed by atoms with Crippen molar-refractivity contribution in [1.29, 1.82) is 0 Å². The highest BCUT2D eigenvalue weighted by Crippen LogP contribution is 2.63. The van der Waals surface area contributed by atoms with Gasteiger partial charge in [0.15, 0.2) is 5.78 Å². The van der Waals surface area contributed by atoms with Crippen LogP contribution in [0, 0.1) is 0 Å². The van der Waals surface area contributed by atoms with Gasteiger partial charge in [-0.15, -0.1) is 0 Å². The van der Waals surface area contributed by atoms with Crippen molar-refractivity contribution >= 4 is 38.1 Å². The quantitative estimate of drug-likeness (QED) is 0.153. The molecule has 45 heavy (non-hydrogen) atoms. The van der Waals surface area contributed by atoms with Gasteiger partial charge in [-0.3, -0.25) is 4.79 Å². The summed E-state index contributed by atoms with van der Waals surface area (Å²) in [6, 6.07) is 56.0. The summed E-state index contributed by atoms with van der Waals surface area (Å²) in [5.41, 5.74) is 10.9. The predicted octanol–water partition coefficient (Wildman–Crippen LogP) is 10.7. The van der Waals surface area contributed by atoms with E-state index < -0.39 is 5.41 Å². The summed E-state index contributed by atoms with van der Waals surface area (Å²) in [5.74, 6) is 0.0509. The molecule has 0 saturated heterocycles. The summed E-state index contributed by atoms with van der Waals surface area (Å²) in [4.78, 5) is 14.2. The molecule has 1 nitrogen and oxygen atoms in total. The van der Waals surface area contributed by atoms with Crippen LogP contribution in [0.4, 0.5) is 0 Å². The van der Waals surface area contributed by atoms with E-state index in [1.54, 1.807) is 0 Å². The van der Waals surface area contributed by atoms with E-state index in [9.17, 15) is 4.79 Å². The average molecular weight is 571 g/mol. The van der Waals surface area contributed by atoms with E-state index in [-0.39, 0.29) is 5.78 Å². The SMILES string of the molecule is O=C(c1ccccc1)c1cc2c3c(c1)c1ccccc1c1cccc(c13)C21c2ccccc2-c2cc(-c3ccccc3)ccc21. The van der Waals surface area contributed by atoms with Gasteiger partial charge < -0.3 is 0 Å². The van der Waals surface area contributed by atoms with Crippen LogP contribution in [0.15, 0.2) is 158 Å². The minimum Gasteiger partial charge on any atom is -0.289 e. The van der Waals surface area contributed by atoms with Crippen LogP contribution >= 0.6 is 0 Å². The second kappa shape index (κ2) is 8.87. The Bertz CT molecular complexity index is 2540. The average Bonchev–Trinajstić information content (AvgIpc) is 3.59. The highest BCUT2D eigenvalue weighted by atomic mass is 16.1. The molecule has 8 aromatic rings. The summed E-state index contributed by atoms with van der Waals surface area (Å²) in [6.07, 6.45) is 0. The fourth-order valence-corrected chi connectivity index (χ4v) is 8.44. The van der Waals surface area contributed by atoms with Gasteiger partial charge in [0.25, 0.3) is 0 Å². The molecule has 1 spiro atoms. The number of carbonyl (C=O) groups is 1. The molecule has 2 aliphatic carbocycles. The molecule has 8 aromatic carbocycles. The number of rotatable bonds is 3. The molecule has 10 rings (SSSR count). The largest absolute Gasteiger partial charge is 0.289 e. The zero-order chi connectivity index (χ0) is 29.7. The normalized spacial score (nSPS) is 15.7. The van der Waals surface area contributed by atoms with E-state index in [0.29, 0.717) is 5.56 Å². The van der Waals surface area contributed by atoms with Crippen molar-refractivity contribution in [2.24, 2.45) is 0 Å². The van der Waals surface area contributed by atoms with Crippen LogP contribution in [0.25, 0.3) is 54.6 Å². The van der Waals surface area contributed by atoms with Crippen molar-refractivity contribution in [1.82, 2.24) is 0 Å². The Morgan fingerprint density at radius 3 is 1.82 bits per heavy atom. The molecule has 2 aliphatic rings. The molecule has 0 radical (unpaired) electrons. The van der Waals surface area contributed by atoms with E-state index >= 15 is 0 Å². The van der Waals surface area contributed by atoms with E-state index in [0.717, 1.165) is 10.9 Å². The summed E-state index contributed by atoms with van der Waals surface area (Å²) in [7, 11) is 0. The molecule has 208 valence electrons. The van der Waals surface area contributed by atoms with Gasteiger partial charge in [0.05, 0.1) is 5.41 Å². The predicted molar refractivity (Wildman–Crippen MR) is 185 cm³/mol. The molecule has 0 bridgehead atoms. The fraction of sp³-hybridized carbons (Fsp3) is 0.0227. The highest BCUT2D eigenvalue weighted by molar-refractivity contribution is 6.31. The molecule has 0 aliphatic heterocycles. The number of ketones is 1. The highest BCUT2D eigenvalue weighted by Gasteiger charge is 2.51. The first-order chi connectivity index (χ1) is 22.2. The number of benzene rings is 8. The first kappa shape index (κ1) is 24.6. The first-order valence-corrected chi connectivity index (χ1v) is 15.6. The molecule has 1 heteroatoms. The minimum atomic E-state index is -0.536. The van der Waals surface area contributed by atoms with Crippen molar-refractivity contribution in [3.8, 4) is 22.3 Å². The van der Waals surface area contributed by atoms with Gasteiger partial charge in [-0.25, -0.2) is 0 Å². The Morgan fingerprint density at radius 2 is 1.00 bits per heavy atom. The molecule has 1 unspecified atom stereocenters. The van der Waals surface area contributed by atoms with Gasteiger partial charge in [0.2, 0.25) is 0 Å². The Hall–Kier alpha value is -5.79. The molecule has 0 saturated carbocycles. The first-order valence-electron chi connectivity index (χ1n) is 15.6. The van der Waals surface area contributed by atoms with Gasteiger partial charge in [-0.1, -0.05) is 140 Å². The van der Waals surface area contributed by atoms with Gasteiger partial charge in [0, 0.05) is 11.1 Å². The standard InChI is InChI=1S/C44H26O/c45-43(28-14-5-2-6-15-28)30-25-36-32-17-8-7-16-31(32)34-19-11-21-39-41(34)42(36)40(26-30)44(39)37-20-10-9-18-33(37)35-24-29(22-23-38(35)44)27-12-3-1-4-13-27/h1-26H. The van der Waals surface area contributed by atoms with E-state index in [1.807, 2.05) is 30.3 Å². The fourth-order valence-electron chi connectivity index (χ4n) is 8.44. The van der Waals surface area contributed by atoms with Crippen molar-refractivity contribution in [2.45, 2.75) is 5.41 Å². The summed E-state index contributed by atoms with van der Waals surface area (Å²) in [6.45, 7) is 0. The number of hydrogen-bond acceptors (Lipinski definition) is 1. The second-order valence-corrected chi connectivity index (χ2v) is 12.3. The lowest BCUT2D eigenvalue weighted by molar-refractivity contribution is 0.103. The van der Waals surface area contributed by atoms with Gasteiger partial charge >= 0.3 is 0 Å². The third kappa shape index (κ3) is 3.10. The van der Waals surface area contributed by atoms with E-state index in [2.05, 4.69) is 127 Å². The van der Waals surface area contributed by atoms with Crippen molar-refractivity contribution in [2.75, 3.05) is 0 Å². The lowest BCUT2D eigenvalue weighted by Crippen LogP contribution is -2.26. The Labute approximate surface area is 261 Å². The second-order valence-electron chi connectivity index (χ2n) is 12.3. The molecular weight excluding hydrogens is 544 g/mol. The topological polar surface area (TPSA) is 17.1 Å². The Kier molecular flexibility index (Phi) is 4.86. The summed E-state index contributed by atoms with van der Waals surface area (Å²) >= 11 is 0. The lowest BCUT2D eigenvalue weighted by Gasteiger charge is -2.31. The van der Waals surface area contributed by atoms with Gasteiger partial charge in [0.1, 0.15) is 0 Å². The molecule has 0 amide bonds. The van der Waals surface area contributed by atoms with Gasteiger partial charge in [-0.05, 0) is 95.0 Å². The number of hydrogen-bond donors (Lipinski definition) is 0. The molecule has 0 fully saturated rings. The van der Waals surface area contributed by atoms with Crippen LogP contribution in [0.1, 0.15) is 38.2 Å². The van der Waals surface area contributed by atoms with E-state index in [4.69, 9.17) is 0 Å². The molecule has 0 aromatic heterocycles. The Morgan fingerprint density at radius 1 is 0.378 bits per heavy atom.